The summed E-state index contributed by atoms with van der Waals surface area (Å²) in [5, 5.41) is 13.9. The summed E-state index contributed by atoms with van der Waals surface area (Å²) in [5.41, 5.74) is 3.66. The van der Waals surface area contributed by atoms with Gasteiger partial charge in [-0.15, -0.1) is 0 Å². The summed E-state index contributed by atoms with van der Waals surface area (Å²) in [6.07, 6.45) is 0.572. The molecule has 1 aromatic carbocycles. The van der Waals surface area contributed by atoms with Gasteiger partial charge in [-0.25, -0.2) is 4.79 Å². The fourth-order valence-corrected chi connectivity index (χ4v) is 2.92. The van der Waals surface area contributed by atoms with E-state index in [-0.39, 0.29) is 6.09 Å². The van der Waals surface area contributed by atoms with Crippen molar-refractivity contribution < 1.29 is 19.4 Å². The van der Waals surface area contributed by atoms with Gasteiger partial charge in [0, 0.05) is 25.7 Å². The van der Waals surface area contributed by atoms with Crippen molar-refractivity contribution in [1.82, 2.24) is 5.32 Å². The number of anilines is 2. The summed E-state index contributed by atoms with van der Waals surface area (Å²) < 4.78 is 5.54. The van der Waals surface area contributed by atoms with E-state index in [1.165, 1.54) is 5.56 Å². The normalized spacial score (nSPS) is 15.1. The quantitative estimate of drug-likeness (QED) is 0.696. The highest BCUT2D eigenvalue weighted by Gasteiger charge is 2.31. The lowest BCUT2D eigenvalue weighted by molar-refractivity contribution is -0.134. The minimum Gasteiger partial charge on any atom is -0.481 e. The maximum Gasteiger partial charge on any atom is 0.414 e. The number of carbonyl (C=O) groups excluding carboxylic acids is 1. The number of carbonyl (C=O) groups is 2. The molecule has 0 atom stereocenters. The Kier molecular flexibility index (Phi) is 6.30. The van der Waals surface area contributed by atoms with E-state index in [0.717, 1.165) is 49.3 Å². The van der Waals surface area contributed by atoms with Crippen LogP contribution in [0.2, 0.25) is 0 Å². The number of hydrogen-bond donors (Lipinski definition) is 3. The molecular formula is C19H28N4O4. The first-order valence-corrected chi connectivity index (χ1v) is 8.96. The van der Waals surface area contributed by atoms with Gasteiger partial charge in [-0.2, -0.15) is 0 Å². The summed E-state index contributed by atoms with van der Waals surface area (Å²) in [4.78, 5) is 27.6. The van der Waals surface area contributed by atoms with Gasteiger partial charge in [-0.05, 0) is 51.3 Å². The smallest absolute Gasteiger partial charge is 0.414 e. The van der Waals surface area contributed by atoms with Crippen molar-refractivity contribution in [2.45, 2.75) is 46.6 Å². The number of nitrogens with one attached hydrogen (secondary N) is 2. The monoisotopic (exact) mass is 376 g/mol. The van der Waals surface area contributed by atoms with Crippen molar-refractivity contribution in [3.05, 3.63) is 23.3 Å². The number of benzene rings is 1. The molecule has 8 heteroatoms. The first kappa shape index (κ1) is 20.5. The largest absolute Gasteiger partial charge is 0.481 e. The van der Waals surface area contributed by atoms with Crippen molar-refractivity contribution in [3.8, 4) is 0 Å². The predicted molar refractivity (Wildman–Crippen MR) is 106 cm³/mol. The molecule has 0 aliphatic carbocycles. The molecule has 0 radical (unpaired) electrons. The van der Waals surface area contributed by atoms with Crippen LogP contribution in [0.4, 0.5) is 16.2 Å². The van der Waals surface area contributed by atoms with E-state index < -0.39 is 11.6 Å². The van der Waals surface area contributed by atoms with Gasteiger partial charge in [0.05, 0.1) is 12.2 Å². The number of carboxylic acids is 1. The number of rotatable bonds is 1. The number of fused-ring (bicyclic) bond motifs is 1. The zero-order valence-electron chi connectivity index (χ0n) is 16.5. The standard InChI is InChI=1S/C17H24N4O2.C2H4O2/c1-11-13(20-15-18-8-9-19-15)6-5-12-7-10-21(14(11)12)16(22)23-17(2,3)4;1-2(3)4/h5-6H,7-10H2,1-4H3,(H2,18,19,20);1H3,(H,3,4). The van der Waals surface area contributed by atoms with E-state index >= 15 is 0 Å². The van der Waals surface area contributed by atoms with Gasteiger partial charge in [0.25, 0.3) is 5.97 Å². The fraction of sp³-hybridized carbons (Fsp3) is 0.526. The number of carboxylic acid groups (broad SMARTS) is 1. The molecule has 1 aromatic rings. The van der Waals surface area contributed by atoms with Gasteiger partial charge < -0.3 is 20.5 Å². The van der Waals surface area contributed by atoms with Crippen LogP contribution in [0.5, 0.6) is 0 Å². The summed E-state index contributed by atoms with van der Waals surface area (Å²) in [6.45, 7) is 11.1. The van der Waals surface area contributed by atoms with Gasteiger partial charge in [-0.1, -0.05) is 6.07 Å². The van der Waals surface area contributed by atoms with Crippen LogP contribution >= 0.6 is 0 Å². The van der Waals surface area contributed by atoms with E-state index in [1.54, 1.807) is 4.90 Å². The summed E-state index contributed by atoms with van der Waals surface area (Å²) in [5.74, 6) is -0.0464. The lowest BCUT2D eigenvalue weighted by atomic mass is 10.1. The van der Waals surface area contributed by atoms with Crippen LogP contribution in [0.25, 0.3) is 0 Å². The molecule has 2 aliphatic rings. The molecule has 0 aromatic heterocycles. The molecule has 2 heterocycles. The number of nitrogens with zero attached hydrogens (tertiary/aromatic N) is 2. The first-order chi connectivity index (χ1) is 12.6. The third-order valence-electron chi connectivity index (χ3n) is 3.93. The number of aliphatic imine (C=N–C) groups is 1. The Bertz CT molecular complexity index is 749. The summed E-state index contributed by atoms with van der Waals surface area (Å²) in [7, 11) is 0. The van der Waals surface area contributed by atoms with E-state index in [0.29, 0.717) is 6.54 Å². The number of hydrogen-bond acceptors (Lipinski definition) is 6. The maximum atomic E-state index is 12.5. The Morgan fingerprint density at radius 2 is 2.00 bits per heavy atom. The molecule has 148 valence electrons. The average Bonchev–Trinajstić information content (AvgIpc) is 3.17. The van der Waals surface area contributed by atoms with Crippen LogP contribution in [0.15, 0.2) is 17.1 Å². The molecule has 0 unspecified atom stereocenters. The molecule has 0 bridgehead atoms. The average molecular weight is 376 g/mol. The Labute approximate surface area is 159 Å². The maximum absolute atomic E-state index is 12.5. The molecule has 1 amide bonds. The van der Waals surface area contributed by atoms with Gasteiger partial charge >= 0.3 is 6.09 Å². The van der Waals surface area contributed by atoms with Crippen LogP contribution in [0, 0.1) is 6.92 Å². The van der Waals surface area contributed by atoms with Crippen molar-refractivity contribution in [2.24, 2.45) is 4.99 Å². The van der Waals surface area contributed by atoms with Gasteiger partial charge in [0.2, 0.25) is 0 Å². The fourth-order valence-electron chi connectivity index (χ4n) is 2.92. The predicted octanol–water partition coefficient (Wildman–Crippen LogP) is 2.75. The zero-order valence-corrected chi connectivity index (χ0v) is 16.5. The van der Waals surface area contributed by atoms with Crippen molar-refractivity contribution in [1.29, 1.82) is 0 Å². The lowest BCUT2D eigenvalue weighted by Crippen LogP contribution is -2.36. The molecule has 3 rings (SSSR count). The number of ether oxygens (including phenoxy) is 1. The Balaban J connectivity index is 0.000000596. The van der Waals surface area contributed by atoms with Crippen LogP contribution in [-0.2, 0) is 16.0 Å². The SMILES string of the molecule is CC(=O)O.Cc1c(NC2=NCCN2)ccc2c1N(C(=O)OC(C)(C)C)CC2. The third kappa shape index (κ3) is 5.60. The van der Waals surface area contributed by atoms with Gasteiger partial charge in [-0.3, -0.25) is 14.7 Å². The van der Waals surface area contributed by atoms with Crippen molar-refractivity contribution >= 4 is 29.4 Å². The summed E-state index contributed by atoms with van der Waals surface area (Å²) >= 11 is 0. The van der Waals surface area contributed by atoms with E-state index in [1.807, 2.05) is 27.7 Å². The number of amides is 1. The van der Waals surface area contributed by atoms with Crippen LogP contribution < -0.4 is 15.5 Å². The molecular weight excluding hydrogens is 348 g/mol. The van der Waals surface area contributed by atoms with E-state index in [2.05, 4.69) is 27.8 Å². The molecule has 27 heavy (non-hydrogen) atoms. The Hall–Kier alpha value is -2.77. The van der Waals surface area contributed by atoms with E-state index in [4.69, 9.17) is 14.6 Å². The van der Waals surface area contributed by atoms with Crippen molar-refractivity contribution in [2.75, 3.05) is 29.9 Å². The summed E-state index contributed by atoms with van der Waals surface area (Å²) in [6, 6.07) is 4.12. The second-order valence-corrected chi connectivity index (χ2v) is 7.43. The molecule has 2 aliphatic heterocycles. The second kappa shape index (κ2) is 8.28. The number of aliphatic carboxylic acids is 1. The first-order valence-electron chi connectivity index (χ1n) is 8.96. The minimum atomic E-state index is -0.833. The molecule has 0 saturated heterocycles. The molecule has 0 saturated carbocycles. The van der Waals surface area contributed by atoms with Crippen LogP contribution in [0.1, 0.15) is 38.8 Å². The van der Waals surface area contributed by atoms with Gasteiger partial charge in [0.1, 0.15) is 5.60 Å². The molecule has 0 spiro atoms. The van der Waals surface area contributed by atoms with Crippen LogP contribution in [0.3, 0.4) is 0 Å². The topological polar surface area (TPSA) is 103 Å². The van der Waals surface area contributed by atoms with Crippen molar-refractivity contribution in [3.63, 3.8) is 0 Å². The van der Waals surface area contributed by atoms with E-state index in [9.17, 15) is 4.79 Å². The lowest BCUT2D eigenvalue weighted by Gasteiger charge is -2.26. The molecule has 0 fully saturated rings. The van der Waals surface area contributed by atoms with Gasteiger partial charge in [0.15, 0.2) is 5.96 Å². The third-order valence-corrected chi connectivity index (χ3v) is 3.93. The highest BCUT2D eigenvalue weighted by atomic mass is 16.6. The second-order valence-electron chi connectivity index (χ2n) is 7.43. The highest BCUT2D eigenvalue weighted by molar-refractivity contribution is 5.98. The number of guanidine groups is 1. The minimum absolute atomic E-state index is 0.284. The highest BCUT2D eigenvalue weighted by Crippen LogP contribution is 2.36. The zero-order chi connectivity index (χ0) is 20.2. The Morgan fingerprint density at radius 3 is 2.56 bits per heavy atom. The molecule has 3 N–H and O–H groups in total. The molecule has 8 nitrogen and oxygen atoms in total. The Morgan fingerprint density at radius 1 is 1.33 bits per heavy atom. The van der Waals surface area contributed by atoms with Crippen LogP contribution in [-0.4, -0.2) is 48.4 Å².